The van der Waals surface area contributed by atoms with E-state index in [1.807, 2.05) is 0 Å². The maximum atomic E-state index is 12.9. The third-order valence-electron chi connectivity index (χ3n) is 6.84. The molecule has 3 aliphatic heterocycles. The maximum Gasteiger partial charge on any atom is 0.475 e. The molecular formula is C22H32N5O15P. The van der Waals surface area contributed by atoms with E-state index >= 15 is 0 Å². The smallest absolute Gasteiger partial charge is 0.475 e. The van der Waals surface area contributed by atoms with Crippen molar-refractivity contribution < 1.29 is 78.1 Å². The average Bonchev–Trinajstić information content (AvgIpc) is 3.20. The van der Waals surface area contributed by atoms with Crippen molar-refractivity contribution >= 4 is 31.6 Å². The number of carbonyl (C=O) groups is 2. The summed E-state index contributed by atoms with van der Waals surface area (Å²) >= 11 is 0. The lowest BCUT2D eigenvalue weighted by Crippen LogP contribution is -2.61. The SMILES string of the molecule is C=C1N=C(N)C=CN1[C@@H]1O[C@H](COP(=O)(O)OC2(C(=O)O)CC(O)C(CC(=O)C=[N+]=[N-])C([C@H](O)[C@H](O)CO)O2)[C@H](O)C1O. The van der Waals surface area contributed by atoms with Gasteiger partial charge in [0.2, 0.25) is 5.78 Å². The molecule has 3 heterocycles. The van der Waals surface area contributed by atoms with Gasteiger partial charge in [-0.15, -0.1) is 0 Å². The minimum atomic E-state index is -5.51. The van der Waals surface area contributed by atoms with Crippen LogP contribution in [0.2, 0.25) is 0 Å². The first-order chi connectivity index (χ1) is 20.1. The second-order valence-corrected chi connectivity index (χ2v) is 11.2. The van der Waals surface area contributed by atoms with Crippen molar-refractivity contribution in [3.63, 3.8) is 0 Å². The number of rotatable bonds is 13. The van der Waals surface area contributed by atoms with Gasteiger partial charge in [0.05, 0.1) is 25.4 Å². The van der Waals surface area contributed by atoms with Gasteiger partial charge in [0.25, 0.3) is 5.79 Å². The molecule has 3 rings (SSSR count). The van der Waals surface area contributed by atoms with Crippen LogP contribution in [0.4, 0.5) is 0 Å². The van der Waals surface area contributed by atoms with Gasteiger partial charge in [-0.2, -0.15) is 4.79 Å². The summed E-state index contributed by atoms with van der Waals surface area (Å²) in [5.41, 5.74) is 14.2. The van der Waals surface area contributed by atoms with Gasteiger partial charge >= 0.3 is 20.0 Å². The largest absolute Gasteiger partial charge is 0.477 e. The number of carboxylic acid groups (broad SMARTS) is 1. The number of ketones is 1. The summed E-state index contributed by atoms with van der Waals surface area (Å²) in [6, 6.07) is 0. The number of carbonyl (C=O) groups excluding carboxylic acids is 1. The number of hydrogen-bond donors (Lipinski definition) is 9. The Bertz CT molecular complexity index is 1240. The van der Waals surface area contributed by atoms with Crippen LogP contribution >= 0.6 is 7.82 Å². The molecule has 0 aromatic carbocycles. The number of aliphatic hydroxyl groups is 6. The number of nitrogens with zero attached hydrogens (tertiary/aromatic N) is 4. The molecule has 0 radical (unpaired) electrons. The van der Waals surface area contributed by atoms with E-state index in [9.17, 15) is 54.8 Å². The first-order valence-corrected chi connectivity index (χ1v) is 14.0. The number of phosphoric acid groups is 1. The van der Waals surface area contributed by atoms with Crippen molar-refractivity contribution in [1.29, 1.82) is 0 Å². The van der Waals surface area contributed by atoms with Crippen molar-refractivity contribution in [2.24, 2.45) is 16.6 Å². The number of amidine groups is 1. The van der Waals surface area contributed by atoms with Crippen LogP contribution in [0, 0.1) is 5.92 Å². The highest BCUT2D eigenvalue weighted by molar-refractivity contribution is 7.47. The highest BCUT2D eigenvalue weighted by Gasteiger charge is 2.59. The molecule has 6 unspecified atom stereocenters. The van der Waals surface area contributed by atoms with Gasteiger partial charge in [-0.25, -0.2) is 18.9 Å². The minimum absolute atomic E-state index is 0.0390. The molecule has 2 saturated heterocycles. The van der Waals surface area contributed by atoms with Gasteiger partial charge < -0.3 is 66.3 Å². The summed E-state index contributed by atoms with van der Waals surface area (Å²) in [6.45, 7) is 1.62. The Morgan fingerprint density at radius 2 is 2.02 bits per heavy atom. The van der Waals surface area contributed by atoms with Crippen LogP contribution in [0.1, 0.15) is 12.8 Å². The maximum absolute atomic E-state index is 12.9. The molecule has 21 heteroatoms. The Kier molecular flexibility index (Phi) is 11.1. The summed E-state index contributed by atoms with van der Waals surface area (Å²) in [6.07, 6.45) is -12.8. The second-order valence-electron chi connectivity index (χ2n) is 9.81. The molecule has 0 amide bonds. The van der Waals surface area contributed by atoms with Crippen LogP contribution in [0.3, 0.4) is 0 Å². The van der Waals surface area contributed by atoms with Crippen molar-refractivity contribution in [2.75, 3.05) is 13.2 Å². The summed E-state index contributed by atoms with van der Waals surface area (Å²) in [5, 5.41) is 71.2. The van der Waals surface area contributed by atoms with Gasteiger partial charge in [-0.05, 0) is 6.08 Å². The van der Waals surface area contributed by atoms with Crippen molar-refractivity contribution in [3.8, 4) is 0 Å². The van der Waals surface area contributed by atoms with Crippen molar-refractivity contribution in [3.05, 3.63) is 30.2 Å². The molecule has 240 valence electrons. The normalized spacial score (nSPS) is 35.4. The molecule has 2 fully saturated rings. The van der Waals surface area contributed by atoms with Gasteiger partial charge in [-0.1, -0.05) is 6.58 Å². The molecule has 3 aliphatic rings. The average molecular weight is 637 g/mol. The number of Topliss-reactive ketones (excluding diaryl/α,β-unsaturated/α-hetero) is 1. The van der Waals surface area contributed by atoms with Crippen LogP contribution < -0.4 is 5.73 Å². The third-order valence-corrected chi connectivity index (χ3v) is 7.84. The number of carboxylic acids is 1. The lowest BCUT2D eigenvalue weighted by Gasteiger charge is -2.46. The molecule has 0 bridgehead atoms. The molecule has 43 heavy (non-hydrogen) atoms. The fourth-order valence-electron chi connectivity index (χ4n) is 4.68. The van der Waals surface area contributed by atoms with Gasteiger partial charge in [0.15, 0.2) is 6.23 Å². The Hall–Kier alpha value is -2.94. The standard InChI is InChI=1S/C22H32N5O15P/c1-9-26-15(23)2-3-27(9)20-18(34)17(33)14(40-20)8-39-43(37,38)42-22(21(35)36)5-12(30)11(4-10(29)6-25-24)19(41-22)16(32)13(31)7-28/h2-3,6,11-14,16-20,28,30-34H,1,4-5,7-8H2,(H2,23,26)(H,35,36)(H,37,38)/t11?,12?,13-,14-,16-,17+,18?,19?,20-,22?/m1/s1. The lowest BCUT2D eigenvalue weighted by molar-refractivity contribution is -0.297. The molecule has 11 atom stereocenters. The third kappa shape index (κ3) is 7.78. The van der Waals surface area contributed by atoms with Crippen molar-refractivity contribution in [2.45, 2.75) is 67.6 Å². The number of phosphoric ester groups is 1. The molecule has 0 aromatic heterocycles. The van der Waals surface area contributed by atoms with E-state index in [0.29, 0.717) is 6.21 Å². The summed E-state index contributed by atoms with van der Waals surface area (Å²) in [5.74, 6) is -7.58. The number of aliphatic carboxylic acids is 1. The Labute approximate surface area is 242 Å². The van der Waals surface area contributed by atoms with E-state index in [1.165, 1.54) is 17.2 Å². The number of ether oxygens (including phenoxy) is 2. The van der Waals surface area contributed by atoms with E-state index in [0.717, 1.165) is 0 Å². The van der Waals surface area contributed by atoms with Crippen LogP contribution in [-0.4, -0.2) is 142 Å². The topological polar surface area (TPSA) is 328 Å². The quantitative estimate of drug-likeness (QED) is 0.0399. The minimum Gasteiger partial charge on any atom is -0.477 e. The van der Waals surface area contributed by atoms with Gasteiger partial charge in [0, 0.05) is 25.0 Å². The fourth-order valence-corrected chi connectivity index (χ4v) is 5.64. The molecule has 0 saturated carbocycles. The predicted octanol–water partition coefficient (Wildman–Crippen LogP) is -4.25. The number of nitrogens with two attached hydrogens (primary N) is 1. The first kappa shape index (κ1) is 34.5. The number of aliphatic hydroxyl groups excluding tert-OH is 6. The van der Waals surface area contributed by atoms with E-state index in [1.54, 1.807) is 0 Å². The zero-order valence-electron chi connectivity index (χ0n) is 22.2. The van der Waals surface area contributed by atoms with Crippen molar-refractivity contribution in [1.82, 2.24) is 4.90 Å². The monoisotopic (exact) mass is 637 g/mol. The van der Waals surface area contributed by atoms with Crippen LogP contribution in [0.5, 0.6) is 0 Å². The Morgan fingerprint density at radius 3 is 2.60 bits per heavy atom. The van der Waals surface area contributed by atoms with Crippen LogP contribution in [0.15, 0.2) is 29.7 Å². The van der Waals surface area contributed by atoms with Gasteiger partial charge in [-0.3, -0.25) is 9.32 Å². The van der Waals surface area contributed by atoms with E-state index in [-0.39, 0.29) is 11.7 Å². The zero-order valence-corrected chi connectivity index (χ0v) is 23.1. The summed E-state index contributed by atoms with van der Waals surface area (Å²) in [4.78, 5) is 42.3. The van der Waals surface area contributed by atoms with E-state index in [4.69, 9.17) is 29.8 Å². The lowest BCUT2D eigenvalue weighted by atomic mass is 9.80. The molecule has 10 N–H and O–H groups in total. The van der Waals surface area contributed by atoms with E-state index < -0.39 is 106 Å². The highest BCUT2D eigenvalue weighted by Crippen LogP contribution is 2.52. The molecule has 20 nitrogen and oxygen atoms in total. The highest BCUT2D eigenvalue weighted by atomic mass is 31.2. The first-order valence-electron chi connectivity index (χ1n) is 12.5. The molecule has 0 aliphatic carbocycles. The van der Waals surface area contributed by atoms with E-state index in [2.05, 4.69) is 16.4 Å². The van der Waals surface area contributed by atoms with Crippen LogP contribution in [0.25, 0.3) is 5.53 Å². The Morgan fingerprint density at radius 1 is 1.35 bits per heavy atom. The number of aliphatic imine (C=N–C) groups is 1. The summed E-state index contributed by atoms with van der Waals surface area (Å²) in [7, 11) is -5.51. The molecule has 0 spiro atoms. The zero-order chi connectivity index (χ0) is 32.3. The van der Waals surface area contributed by atoms with Gasteiger partial charge in [0.1, 0.15) is 42.2 Å². The van der Waals surface area contributed by atoms with Crippen LogP contribution in [-0.2, 0) is 32.7 Å². The molecule has 0 aromatic rings. The summed E-state index contributed by atoms with van der Waals surface area (Å²) < 4.78 is 33.4. The molecular weight excluding hydrogens is 605 g/mol. The predicted molar refractivity (Wildman–Crippen MR) is 137 cm³/mol. The number of hydrogen-bond acceptors (Lipinski definition) is 16. The second kappa shape index (κ2) is 13.8. The Balaban J connectivity index is 1.78. The fraction of sp³-hybridized carbons (Fsp3) is 0.636.